The minimum absolute atomic E-state index is 0.193. The number of aromatic nitrogens is 5. The smallest absolute Gasteiger partial charge is 0.352 e. The molecule has 1 aromatic carbocycles. The zero-order valence-corrected chi connectivity index (χ0v) is 12.2. The van der Waals surface area contributed by atoms with Gasteiger partial charge in [-0.25, -0.2) is 13.2 Å². The van der Waals surface area contributed by atoms with Gasteiger partial charge in [0.15, 0.2) is 0 Å². The Labute approximate surface area is 129 Å². The first kappa shape index (κ1) is 14.7. The van der Waals surface area contributed by atoms with Crippen LogP contribution in [0.25, 0.3) is 5.69 Å². The maximum Gasteiger partial charge on any atom is 0.352 e. The molecule has 0 atom stereocenters. The first-order chi connectivity index (χ1) is 11.0. The Kier molecular flexibility index (Phi) is 3.54. The largest absolute Gasteiger partial charge is 0.477 e. The lowest BCUT2D eigenvalue weighted by atomic mass is 10.3. The highest BCUT2D eigenvalue weighted by atomic mass is 32.2. The SMILES string of the molecule is O=C(O)c1cc(S(=O)(=O)Nc2ccccc2-n2cnnn2)c[nH]1. The van der Waals surface area contributed by atoms with E-state index in [1.54, 1.807) is 24.3 Å². The summed E-state index contributed by atoms with van der Waals surface area (Å²) < 4.78 is 28.4. The summed E-state index contributed by atoms with van der Waals surface area (Å²) in [6.45, 7) is 0. The van der Waals surface area contributed by atoms with Crippen LogP contribution >= 0.6 is 0 Å². The van der Waals surface area contributed by atoms with Crippen molar-refractivity contribution >= 4 is 21.7 Å². The van der Waals surface area contributed by atoms with E-state index >= 15 is 0 Å². The zero-order chi connectivity index (χ0) is 16.4. The van der Waals surface area contributed by atoms with Crippen LogP contribution in [-0.4, -0.2) is 44.7 Å². The Hall–Kier alpha value is -3.21. The quantitative estimate of drug-likeness (QED) is 0.616. The Morgan fingerprint density at radius 3 is 2.74 bits per heavy atom. The van der Waals surface area contributed by atoms with Crippen LogP contribution in [0.2, 0.25) is 0 Å². The maximum absolute atomic E-state index is 12.4. The number of rotatable bonds is 5. The Morgan fingerprint density at radius 1 is 1.30 bits per heavy atom. The van der Waals surface area contributed by atoms with Gasteiger partial charge in [-0.2, -0.15) is 4.68 Å². The van der Waals surface area contributed by atoms with Crippen LogP contribution in [0.3, 0.4) is 0 Å². The molecule has 2 heterocycles. The molecule has 0 saturated heterocycles. The van der Waals surface area contributed by atoms with Crippen molar-refractivity contribution in [2.45, 2.75) is 4.90 Å². The molecule has 0 bridgehead atoms. The summed E-state index contributed by atoms with van der Waals surface area (Å²) in [5.41, 5.74) is 0.451. The van der Waals surface area contributed by atoms with Gasteiger partial charge in [0.25, 0.3) is 10.0 Å². The van der Waals surface area contributed by atoms with Crippen LogP contribution in [0.1, 0.15) is 10.5 Å². The summed E-state index contributed by atoms with van der Waals surface area (Å²) in [5, 5.41) is 19.6. The summed E-state index contributed by atoms with van der Waals surface area (Å²) in [5.74, 6) is -1.25. The molecule has 0 aliphatic heterocycles. The summed E-state index contributed by atoms with van der Waals surface area (Å²) in [6, 6.07) is 7.55. The van der Waals surface area contributed by atoms with Crippen molar-refractivity contribution in [3.05, 3.63) is 48.5 Å². The number of nitrogens with zero attached hydrogens (tertiary/aromatic N) is 4. The maximum atomic E-state index is 12.4. The van der Waals surface area contributed by atoms with E-state index in [9.17, 15) is 13.2 Å². The standard InChI is InChI=1S/C12H10N6O4S/c19-12(20)10-5-8(6-13-10)23(21,22)15-9-3-1-2-4-11(9)18-7-14-16-17-18/h1-7,13,15H,(H,19,20). The van der Waals surface area contributed by atoms with Crippen LogP contribution in [0, 0.1) is 0 Å². The van der Waals surface area contributed by atoms with Gasteiger partial charge in [-0.1, -0.05) is 12.1 Å². The fraction of sp³-hybridized carbons (Fsp3) is 0. The lowest BCUT2D eigenvalue weighted by Crippen LogP contribution is -2.14. The number of aromatic amines is 1. The number of aromatic carboxylic acids is 1. The zero-order valence-electron chi connectivity index (χ0n) is 11.4. The van der Waals surface area contributed by atoms with Crippen molar-refractivity contribution in [1.82, 2.24) is 25.2 Å². The number of H-pyrrole nitrogens is 1. The highest BCUT2D eigenvalue weighted by Gasteiger charge is 2.20. The van der Waals surface area contributed by atoms with E-state index in [-0.39, 0.29) is 16.3 Å². The Balaban J connectivity index is 1.96. The molecule has 10 nitrogen and oxygen atoms in total. The monoisotopic (exact) mass is 334 g/mol. The van der Waals surface area contributed by atoms with Crippen molar-refractivity contribution < 1.29 is 18.3 Å². The van der Waals surface area contributed by atoms with Gasteiger partial charge in [-0.3, -0.25) is 4.72 Å². The molecule has 0 unspecified atom stereocenters. The molecule has 23 heavy (non-hydrogen) atoms. The van der Waals surface area contributed by atoms with Crippen molar-refractivity contribution in [2.24, 2.45) is 0 Å². The first-order valence-electron chi connectivity index (χ1n) is 6.24. The van der Waals surface area contributed by atoms with Gasteiger partial charge in [0, 0.05) is 6.20 Å². The van der Waals surface area contributed by atoms with E-state index < -0.39 is 16.0 Å². The second-order valence-corrected chi connectivity index (χ2v) is 6.11. The van der Waals surface area contributed by atoms with Crippen molar-refractivity contribution in [2.75, 3.05) is 4.72 Å². The summed E-state index contributed by atoms with van der Waals surface area (Å²) in [7, 11) is -3.97. The molecular weight excluding hydrogens is 324 g/mol. The summed E-state index contributed by atoms with van der Waals surface area (Å²) in [4.78, 5) is 13.0. The van der Waals surface area contributed by atoms with E-state index in [1.165, 1.54) is 11.0 Å². The average molecular weight is 334 g/mol. The molecule has 0 aliphatic carbocycles. The molecule has 0 aliphatic rings. The summed E-state index contributed by atoms with van der Waals surface area (Å²) in [6.07, 6.45) is 2.43. The van der Waals surface area contributed by atoms with Crippen LogP contribution in [-0.2, 0) is 10.0 Å². The van der Waals surface area contributed by atoms with E-state index in [0.717, 1.165) is 12.3 Å². The number of sulfonamides is 1. The fourth-order valence-electron chi connectivity index (χ4n) is 1.89. The van der Waals surface area contributed by atoms with Crippen molar-refractivity contribution in [3.63, 3.8) is 0 Å². The minimum Gasteiger partial charge on any atom is -0.477 e. The molecule has 0 spiro atoms. The third kappa shape index (κ3) is 2.89. The van der Waals surface area contributed by atoms with Gasteiger partial charge in [-0.15, -0.1) is 5.10 Å². The molecule has 3 rings (SSSR count). The van der Waals surface area contributed by atoms with E-state index in [1.807, 2.05) is 0 Å². The van der Waals surface area contributed by atoms with E-state index in [0.29, 0.717) is 5.69 Å². The Bertz CT molecular complexity index is 948. The highest BCUT2D eigenvalue weighted by molar-refractivity contribution is 7.92. The molecular formula is C12H10N6O4S. The number of nitrogens with one attached hydrogen (secondary N) is 2. The number of carbonyl (C=O) groups is 1. The Morgan fingerprint density at radius 2 is 2.09 bits per heavy atom. The second-order valence-electron chi connectivity index (χ2n) is 4.43. The molecule has 3 aromatic rings. The van der Waals surface area contributed by atoms with Crippen molar-refractivity contribution in [3.8, 4) is 5.69 Å². The molecule has 118 valence electrons. The van der Waals surface area contributed by atoms with Crippen molar-refractivity contribution in [1.29, 1.82) is 0 Å². The summed E-state index contributed by atoms with van der Waals surface area (Å²) >= 11 is 0. The average Bonchev–Trinajstić information content (AvgIpc) is 3.19. The number of carboxylic acids is 1. The van der Waals surface area contributed by atoms with Gasteiger partial charge in [0.1, 0.15) is 16.9 Å². The third-order valence-electron chi connectivity index (χ3n) is 2.94. The highest BCUT2D eigenvalue weighted by Crippen LogP contribution is 2.22. The van der Waals surface area contributed by atoms with Gasteiger partial charge >= 0.3 is 5.97 Å². The minimum atomic E-state index is -3.97. The molecule has 3 N–H and O–H groups in total. The number of hydrogen-bond acceptors (Lipinski definition) is 6. The normalized spacial score (nSPS) is 11.3. The van der Waals surface area contributed by atoms with E-state index in [2.05, 4.69) is 25.2 Å². The van der Waals surface area contributed by atoms with Gasteiger partial charge < -0.3 is 10.1 Å². The molecule has 0 saturated carbocycles. The third-order valence-corrected chi connectivity index (χ3v) is 4.29. The molecule has 2 aromatic heterocycles. The number of carboxylic acid groups (broad SMARTS) is 1. The number of tetrazole rings is 1. The van der Waals surface area contributed by atoms with Crippen LogP contribution < -0.4 is 4.72 Å². The number of hydrogen-bond donors (Lipinski definition) is 3. The lowest BCUT2D eigenvalue weighted by Gasteiger charge is -2.10. The predicted molar refractivity (Wildman–Crippen MR) is 77.7 cm³/mol. The predicted octanol–water partition coefficient (Wildman–Crippen LogP) is 0.489. The number of anilines is 1. The number of benzene rings is 1. The second kappa shape index (κ2) is 5.53. The molecule has 11 heteroatoms. The van der Waals surface area contributed by atoms with Crippen LogP contribution in [0.5, 0.6) is 0 Å². The molecule has 0 amide bonds. The van der Waals surface area contributed by atoms with Gasteiger partial charge in [0.05, 0.1) is 11.4 Å². The van der Waals surface area contributed by atoms with Gasteiger partial charge in [-0.05, 0) is 28.6 Å². The number of para-hydroxylation sites is 2. The fourth-order valence-corrected chi connectivity index (χ4v) is 2.96. The van der Waals surface area contributed by atoms with Crippen LogP contribution in [0.15, 0.2) is 47.8 Å². The molecule has 0 radical (unpaired) electrons. The van der Waals surface area contributed by atoms with E-state index in [4.69, 9.17) is 5.11 Å². The van der Waals surface area contributed by atoms with Crippen LogP contribution in [0.4, 0.5) is 5.69 Å². The molecule has 0 fully saturated rings. The lowest BCUT2D eigenvalue weighted by molar-refractivity contribution is 0.0691. The van der Waals surface area contributed by atoms with Gasteiger partial charge in [0.2, 0.25) is 0 Å². The topological polar surface area (TPSA) is 143 Å². The first-order valence-corrected chi connectivity index (χ1v) is 7.72.